The van der Waals surface area contributed by atoms with Crippen LogP contribution in [0.15, 0.2) is 22.8 Å². The Morgan fingerprint density at radius 3 is 2.45 bits per heavy atom. The maximum Gasteiger partial charge on any atom is 0.136 e. The number of carbonyl (C=O) groups excluding carboxylic acids is 1. The number of Topliss-reactive ketones (excluding diaryl/α,β-unsaturated/α-hetero) is 1. The van der Waals surface area contributed by atoms with E-state index in [9.17, 15) is 9.90 Å². The second-order valence-electron chi connectivity index (χ2n) is 12.6. The zero-order valence-electron chi connectivity index (χ0n) is 21.2. The summed E-state index contributed by atoms with van der Waals surface area (Å²) in [5.74, 6) is 2.20. The Kier molecular flexibility index (Phi) is 5.90. The lowest BCUT2D eigenvalue weighted by atomic mass is 9.45. The van der Waals surface area contributed by atoms with Gasteiger partial charge in [-0.3, -0.25) is 4.79 Å². The average molecular weight is 427 g/mol. The molecule has 0 bridgehead atoms. The lowest BCUT2D eigenvalue weighted by Crippen LogP contribution is -2.51. The SMILES string of the molecule is CC(C)=CC[C@@H](O)[C@@H](C)[C@H]1CC[C@@]2(C)C3=C(CC[C@]12C)[C@@]1(C)CCC(=O)[C@@H](C)[C@@H]1CC3. The average Bonchev–Trinajstić information content (AvgIpc) is 3.00. The highest BCUT2D eigenvalue weighted by atomic mass is 16.3. The highest BCUT2D eigenvalue weighted by Crippen LogP contribution is 2.71. The van der Waals surface area contributed by atoms with Crippen LogP contribution in [0.1, 0.15) is 106 Å². The van der Waals surface area contributed by atoms with Gasteiger partial charge in [0.05, 0.1) is 6.10 Å². The summed E-state index contributed by atoms with van der Waals surface area (Å²) in [6, 6.07) is 0. The van der Waals surface area contributed by atoms with Gasteiger partial charge in [0.2, 0.25) is 0 Å². The minimum absolute atomic E-state index is 0.232. The van der Waals surface area contributed by atoms with Gasteiger partial charge < -0.3 is 5.11 Å². The molecule has 0 saturated heterocycles. The van der Waals surface area contributed by atoms with Crippen LogP contribution in [0.2, 0.25) is 0 Å². The van der Waals surface area contributed by atoms with Crippen molar-refractivity contribution in [1.29, 1.82) is 0 Å². The molecule has 4 aliphatic carbocycles. The van der Waals surface area contributed by atoms with Gasteiger partial charge in [0.25, 0.3) is 0 Å². The second-order valence-corrected chi connectivity index (χ2v) is 12.6. The molecule has 31 heavy (non-hydrogen) atoms. The van der Waals surface area contributed by atoms with Gasteiger partial charge in [-0.1, -0.05) is 57.4 Å². The molecule has 0 radical (unpaired) electrons. The second kappa shape index (κ2) is 7.86. The molecule has 0 unspecified atom stereocenters. The zero-order valence-corrected chi connectivity index (χ0v) is 21.2. The topological polar surface area (TPSA) is 37.3 Å². The molecule has 4 aliphatic rings. The normalized spacial score (nSPS) is 44.3. The summed E-state index contributed by atoms with van der Waals surface area (Å²) >= 11 is 0. The molecule has 0 amide bonds. The van der Waals surface area contributed by atoms with E-state index in [1.165, 1.54) is 44.1 Å². The number of aliphatic hydroxyl groups excluding tert-OH is 1. The van der Waals surface area contributed by atoms with E-state index in [0.29, 0.717) is 23.5 Å². The summed E-state index contributed by atoms with van der Waals surface area (Å²) in [5.41, 5.74) is 5.59. The minimum atomic E-state index is -0.243. The molecule has 2 heteroatoms. The summed E-state index contributed by atoms with van der Waals surface area (Å²) in [5, 5.41) is 11.0. The molecule has 0 aromatic rings. The predicted octanol–water partition coefficient (Wildman–Crippen LogP) is 7.27. The number of aliphatic hydroxyl groups is 1. The van der Waals surface area contributed by atoms with Crippen molar-refractivity contribution in [3.05, 3.63) is 22.8 Å². The van der Waals surface area contributed by atoms with E-state index in [1.54, 1.807) is 11.1 Å². The van der Waals surface area contributed by atoms with Crippen LogP contribution in [0.3, 0.4) is 0 Å². The number of hydrogen-bond acceptors (Lipinski definition) is 2. The van der Waals surface area contributed by atoms with Gasteiger partial charge in [-0.25, -0.2) is 0 Å². The van der Waals surface area contributed by atoms with E-state index in [1.807, 2.05) is 0 Å². The van der Waals surface area contributed by atoms with Crippen molar-refractivity contribution < 1.29 is 9.90 Å². The molecule has 8 atom stereocenters. The Balaban J connectivity index is 1.65. The molecule has 0 spiro atoms. The summed E-state index contributed by atoms with van der Waals surface area (Å²) < 4.78 is 0. The largest absolute Gasteiger partial charge is 0.393 e. The molecule has 0 aromatic carbocycles. The molecule has 2 nitrogen and oxygen atoms in total. The standard InChI is InChI=1S/C29H46O2/c1-18(2)8-11-25(30)20(4)22-12-16-29(7)24-10-9-21-19(3)26(31)14-15-27(21,5)23(24)13-17-28(22,29)6/h8,19-22,25,30H,9-17H2,1-7H3/t19-,20-,21-,22+,25+,27-,28+,29-/m0/s1. The molecular weight excluding hydrogens is 380 g/mol. The summed E-state index contributed by atoms with van der Waals surface area (Å²) in [6.45, 7) is 16.4. The monoisotopic (exact) mass is 426 g/mol. The van der Waals surface area contributed by atoms with Crippen molar-refractivity contribution in [3.63, 3.8) is 0 Å². The molecule has 1 N–H and O–H groups in total. The first-order chi connectivity index (χ1) is 14.5. The number of allylic oxidation sites excluding steroid dienone is 3. The molecular formula is C29H46O2. The van der Waals surface area contributed by atoms with Crippen LogP contribution in [0.4, 0.5) is 0 Å². The fraction of sp³-hybridized carbons (Fsp3) is 0.828. The number of hydrogen-bond donors (Lipinski definition) is 1. The molecule has 4 rings (SSSR count). The maximum atomic E-state index is 12.5. The van der Waals surface area contributed by atoms with E-state index < -0.39 is 0 Å². The van der Waals surface area contributed by atoms with E-state index in [-0.39, 0.29) is 28.3 Å². The maximum absolute atomic E-state index is 12.5. The number of fused-ring (bicyclic) bond motifs is 4. The Morgan fingerprint density at radius 1 is 1.06 bits per heavy atom. The van der Waals surface area contributed by atoms with Crippen molar-refractivity contribution in [1.82, 2.24) is 0 Å². The molecule has 2 saturated carbocycles. The van der Waals surface area contributed by atoms with Crippen LogP contribution in [0.5, 0.6) is 0 Å². The third kappa shape index (κ3) is 3.33. The van der Waals surface area contributed by atoms with Crippen LogP contribution in [-0.2, 0) is 4.79 Å². The Labute approximate surface area is 191 Å². The van der Waals surface area contributed by atoms with Crippen LogP contribution in [-0.4, -0.2) is 17.0 Å². The Hall–Kier alpha value is -0.890. The van der Waals surface area contributed by atoms with Gasteiger partial charge >= 0.3 is 0 Å². The predicted molar refractivity (Wildman–Crippen MR) is 129 cm³/mol. The Morgan fingerprint density at radius 2 is 1.77 bits per heavy atom. The number of carbonyl (C=O) groups is 1. The lowest BCUT2D eigenvalue weighted by Gasteiger charge is -2.59. The fourth-order valence-corrected chi connectivity index (χ4v) is 8.84. The molecule has 0 aliphatic heterocycles. The third-order valence-corrected chi connectivity index (χ3v) is 11.2. The quantitative estimate of drug-likeness (QED) is 0.480. The number of rotatable bonds is 4. The van der Waals surface area contributed by atoms with Crippen LogP contribution >= 0.6 is 0 Å². The zero-order chi connectivity index (χ0) is 22.8. The van der Waals surface area contributed by atoms with Crippen molar-refractivity contribution in [2.24, 2.45) is 39.9 Å². The van der Waals surface area contributed by atoms with Crippen molar-refractivity contribution in [3.8, 4) is 0 Å². The Bertz CT molecular complexity index is 802. The summed E-state index contributed by atoms with van der Waals surface area (Å²) in [7, 11) is 0. The smallest absolute Gasteiger partial charge is 0.136 e. The highest BCUT2D eigenvalue weighted by Gasteiger charge is 2.62. The lowest BCUT2D eigenvalue weighted by molar-refractivity contribution is -0.130. The molecule has 2 fully saturated rings. The van der Waals surface area contributed by atoms with Gasteiger partial charge in [0.1, 0.15) is 5.78 Å². The van der Waals surface area contributed by atoms with Crippen molar-refractivity contribution >= 4 is 5.78 Å². The van der Waals surface area contributed by atoms with Crippen LogP contribution < -0.4 is 0 Å². The first kappa shape index (κ1) is 23.3. The van der Waals surface area contributed by atoms with Gasteiger partial charge in [-0.2, -0.15) is 0 Å². The molecule has 0 heterocycles. The first-order valence-electron chi connectivity index (χ1n) is 13.0. The van der Waals surface area contributed by atoms with E-state index >= 15 is 0 Å². The first-order valence-corrected chi connectivity index (χ1v) is 13.0. The van der Waals surface area contributed by atoms with Gasteiger partial charge in [0, 0.05) is 12.3 Å². The number of ketones is 1. The fourth-order valence-electron chi connectivity index (χ4n) is 8.84. The summed E-state index contributed by atoms with van der Waals surface area (Å²) in [4.78, 5) is 12.5. The van der Waals surface area contributed by atoms with Gasteiger partial charge in [-0.15, -0.1) is 0 Å². The van der Waals surface area contributed by atoms with E-state index in [0.717, 1.165) is 19.3 Å². The third-order valence-electron chi connectivity index (χ3n) is 11.2. The van der Waals surface area contributed by atoms with Crippen LogP contribution in [0, 0.1) is 39.9 Å². The molecule has 0 aromatic heterocycles. The van der Waals surface area contributed by atoms with Crippen LogP contribution in [0.25, 0.3) is 0 Å². The highest BCUT2D eigenvalue weighted by molar-refractivity contribution is 5.82. The summed E-state index contributed by atoms with van der Waals surface area (Å²) in [6.07, 6.45) is 11.9. The van der Waals surface area contributed by atoms with Gasteiger partial charge in [0.15, 0.2) is 0 Å². The van der Waals surface area contributed by atoms with E-state index in [4.69, 9.17) is 0 Å². The minimum Gasteiger partial charge on any atom is -0.393 e. The van der Waals surface area contributed by atoms with Crippen molar-refractivity contribution in [2.75, 3.05) is 0 Å². The molecule has 174 valence electrons. The van der Waals surface area contributed by atoms with E-state index in [2.05, 4.69) is 54.5 Å². The van der Waals surface area contributed by atoms with Gasteiger partial charge in [-0.05, 0) is 99.2 Å². The van der Waals surface area contributed by atoms with Crippen molar-refractivity contribution in [2.45, 2.75) is 112 Å².